The van der Waals surface area contributed by atoms with Gasteiger partial charge in [0.15, 0.2) is 0 Å². The zero-order valence-corrected chi connectivity index (χ0v) is 6.09. The van der Waals surface area contributed by atoms with Gasteiger partial charge in [-0.25, -0.2) is 0 Å². The molecule has 0 saturated heterocycles. The summed E-state index contributed by atoms with van der Waals surface area (Å²) in [6.45, 7) is 2.35. The Morgan fingerprint density at radius 1 is 1.56 bits per heavy atom. The molecule has 0 aromatic carbocycles. The van der Waals surface area contributed by atoms with Crippen LogP contribution in [-0.4, -0.2) is 25.7 Å². The number of hydroxylamine groups is 3. The third-order valence-electron chi connectivity index (χ3n) is 0.862. The molecule has 0 heterocycles. The first kappa shape index (κ1) is 8.84. The molecule has 0 amide bonds. The third-order valence-corrected chi connectivity index (χ3v) is 0.862. The van der Waals surface area contributed by atoms with Crippen molar-refractivity contribution >= 4 is 0 Å². The molecule has 0 aromatic heterocycles. The van der Waals surface area contributed by atoms with Gasteiger partial charge in [-0.3, -0.25) is 0 Å². The zero-order chi connectivity index (χ0) is 7.33. The number of hydrogen-bond donors (Lipinski definition) is 0. The van der Waals surface area contributed by atoms with E-state index in [0.29, 0.717) is 6.61 Å². The summed E-state index contributed by atoms with van der Waals surface area (Å²) >= 11 is 0. The van der Waals surface area contributed by atoms with E-state index in [1.54, 1.807) is 0 Å². The maximum absolute atomic E-state index is 10.7. The Labute approximate surface area is 55.1 Å². The van der Waals surface area contributed by atoms with Gasteiger partial charge in [-0.15, -0.1) is 0 Å². The SMILES string of the molecule is CCCO[N+](C)([O-])OC. The Balaban J connectivity index is 3.33. The minimum absolute atomic E-state index is 0.424. The van der Waals surface area contributed by atoms with Crippen molar-refractivity contribution in [3.63, 3.8) is 0 Å². The molecule has 0 saturated carbocycles. The Bertz CT molecular complexity index is 74.6. The fraction of sp³-hybridized carbons (Fsp3) is 1.00. The molecule has 0 aliphatic rings. The van der Waals surface area contributed by atoms with Crippen LogP contribution in [0.2, 0.25) is 0 Å². The second kappa shape index (κ2) is 3.79. The second-order valence-corrected chi connectivity index (χ2v) is 1.79. The van der Waals surface area contributed by atoms with Crippen LogP contribution >= 0.6 is 0 Å². The van der Waals surface area contributed by atoms with Crippen molar-refractivity contribution in [3.05, 3.63) is 5.21 Å². The van der Waals surface area contributed by atoms with Crippen LogP contribution in [0.4, 0.5) is 0 Å². The van der Waals surface area contributed by atoms with E-state index in [4.69, 9.17) is 0 Å². The standard InChI is InChI=1S/C5H13NO3/c1-4-5-9-6(2,7)8-3/h4-5H2,1-3H3. The van der Waals surface area contributed by atoms with Crippen molar-refractivity contribution in [2.45, 2.75) is 13.3 Å². The van der Waals surface area contributed by atoms with Gasteiger partial charge >= 0.3 is 0 Å². The maximum atomic E-state index is 10.7. The van der Waals surface area contributed by atoms with Gasteiger partial charge in [0.1, 0.15) is 13.7 Å². The average Bonchev–Trinajstić information content (AvgIpc) is 1.84. The van der Waals surface area contributed by atoms with Crippen LogP contribution in [0, 0.1) is 5.21 Å². The van der Waals surface area contributed by atoms with Gasteiger partial charge in [-0.2, -0.15) is 9.68 Å². The summed E-state index contributed by atoms with van der Waals surface area (Å²) in [5.41, 5.74) is 0. The Kier molecular flexibility index (Phi) is 3.72. The molecule has 0 aromatic rings. The Hall–Kier alpha value is -0.160. The van der Waals surface area contributed by atoms with Gasteiger partial charge in [0.05, 0.1) is 7.11 Å². The van der Waals surface area contributed by atoms with Crippen molar-refractivity contribution in [1.29, 1.82) is 0 Å². The molecule has 1 unspecified atom stereocenters. The number of nitrogens with zero attached hydrogens (tertiary/aromatic N) is 1. The largest absolute Gasteiger partial charge is 0.564 e. The van der Waals surface area contributed by atoms with Crippen molar-refractivity contribution < 1.29 is 14.6 Å². The van der Waals surface area contributed by atoms with Gasteiger partial charge in [-0.1, -0.05) is 11.9 Å². The average molecular weight is 135 g/mol. The molecule has 0 fully saturated rings. The van der Waals surface area contributed by atoms with Crippen molar-refractivity contribution in [2.24, 2.45) is 0 Å². The number of quaternary nitrogens is 1. The fourth-order valence-corrected chi connectivity index (χ4v) is 0.310. The molecule has 0 aliphatic heterocycles. The summed E-state index contributed by atoms with van der Waals surface area (Å²) < 4.78 is 0. The molecule has 0 bridgehead atoms. The summed E-state index contributed by atoms with van der Waals surface area (Å²) in [5, 5.41) is 10.7. The highest BCUT2D eigenvalue weighted by molar-refractivity contribution is 4.15. The molecule has 9 heavy (non-hydrogen) atoms. The van der Waals surface area contributed by atoms with E-state index in [1.807, 2.05) is 6.92 Å². The van der Waals surface area contributed by atoms with E-state index >= 15 is 0 Å². The minimum Gasteiger partial charge on any atom is -0.564 e. The number of rotatable bonds is 4. The number of hydrogen-bond acceptors (Lipinski definition) is 3. The van der Waals surface area contributed by atoms with Crippen molar-refractivity contribution in [1.82, 2.24) is 0 Å². The molecular formula is C5H13NO3. The predicted molar refractivity (Wildman–Crippen MR) is 32.8 cm³/mol. The van der Waals surface area contributed by atoms with E-state index in [2.05, 4.69) is 9.68 Å². The van der Waals surface area contributed by atoms with Crippen LogP contribution in [0.15, 0.2) is 0 Å². The highest BCUT2D eigenvalue weighted by Gasteiger charge is 2.07. The first-order chi connectivity index (χ1) is 4.12. The first-order valence-electron chi connectivity index (χ1n) is 2.90. The van der Waals surface area contributed by atoms with Crippen LogP contribution in [0.3, 0.4) is 0 Å². The van der Waals surface area contributed by atoms with Crippen LogP contribution in [0.1, 0.15) is 13.3 Å². The highest BCUT2D eigenvalue weighted by Crippen LogP contribution is 1.99. The molecular weight excluding hydrogens is 122 g/mol. The topological polar surface area (TPSA) is 41.5 Å². The van der Waals surface area contributed by atoms with Crippen LogP contribution in [0.25, 0.3) is 0 Å². The van der Waals surface area contributed by atoms with Crippen LogP contribution in [0.5, 0.6) is 0 Å². The van der Waals surface area contributed by atoms with E-state index < -0.39 is 4.97 Å². The molecule has 0 spiro atoms. The quantitative estimate of drug-likeness (QED) is 0.423. The lowest BCUT2D eigenvalue weighted by molar-refractivity contribution is -1.20. The predicted octanol–water partition coefficient (Wildman–Crippen LogP) is 0.834. The Morgan fingerprint density at radius 2 is 2.11 bits per heavy atom. The van der Waals surface area contributed by atoms with Crippen LogP contribution < -0.4 is 0 Å². The summed E-state index contributed by atoms with van der Waals surface area (Å²) in [7, 11) is 2.60. The van der Waals surface area contributed by atoms with Crippen LogP contribution in [-0.2, 0) is 9.68 Å². The van der Waals surface area contributed by atoms with Crippen molar-refractivity contribution in [2.75, 3.05) is 20.8 Å². The lowest BCUT2D eigenvalue weighted by Gasteiger charge is -2.29. The summed E-state index contributed by atoms with van der Waals surface area (Å²) in [5.74, 6) is 0. The molecule has 4 heteroatoms. The van der Waals surface area contributed by atoms with E-state index in [9.17, 15) is 5.21 Å². The molecule has 0 radical (unpaired) electrons. The molecule has 4 nitrogen and oxygen atoms in total. The van der Waals surface area contributed by atoms with Gasteiger partial charge < -0.3 is 5.21 Å². The Morgan fingerprint density at radius 3 is 2.44 bits per heavy atom. The van der Waals surface area contributed by atoms with Gasteiger partial charge in [0.25, 0.3) is 0 Å². The van der Waals surface area contributed by atoms with Crippen molar-refractivity contribution in [3.8, 4) is 0 Å². The minimum atomic E-state index is -1.08. The lowest BCUT2D eigenvalue weighted by Crippen LogP contribution is -2.36. The van der Waals surface area contributed by atoms with Gasteiger partial charge in [-0.05, 0) is 6.42 Å². The van der Waals surface area contributed by atoms with E-state index in [1.165, 1.54) is 14.2 Å². The molecule has 0 N–H and O–H groups in total. The highest BCUT2D eigenvalue weighted by atomic mass is 17.2. The normalized spacial score (nSPS) is 17.3. The monoisotopic (exact) mass is 135 g/mol. The summed E-state index contributed by atoms with van der Waals surface area (Å²) in [6.07, 6.45) is 0.819. The third kappa shape index (κ3) is 4.35. The fourth-order valence-electron chi connectivity index (χ4n) is 0.310. The molecule has 0 rings (SSSR count). The maximum Gasteiger partial charge on any atom is 0.132 e. The molecule has 1 atom stereocenters. The van der Waals surface area contributed by atoms with Gasteiger partial charge in [0, 0.05) is 0 Å². The second-order valence-electron chi connectivity index (χ2n) is 1.79. The van der Waals surface area contributed by atoms with Gasteiger partial charge in [0.2, 0.25) is 0 Å². The van der Waals surface area contributed by atoms with E-state index in [0.717, 1.165) is 6.42 Å². The smallest absolute Gasteiger partial charge is 0.132 e. The summed E-state index contributed by atoms with van der Waals surface area (Å²) in [6, 6.07) is 0. The van der Waals surface area contributed by atoms with E-state index in [-0.39, 0.29) is 0 Å². The lowest BCUT2D eigenvalue weighted by atomic mass is 10.5. The first-order valence-corrected chi connectivity index (χ1v) is 2.90. The molecule has 0 aliphatic carbocycles. The molecule has 56 valence electrons. The summed E-state index contributed by atoms with van der Waals surface area (Å²) in [4.78, 5) is 8.01. The zero-order valence-electron chi connectivity index (χ0n) is 6.09.